The number of hydrogen-bond acceptors (Lipinski definition) is 4. The van der Waals surface area contributed by atoms with Crippen LogP contribution in [0.4, 0.5) is 9.80 Å². The van der Waals surface area contributed by atoms with Crippen LogP contribution in [0.25, 0.3) is 0 Å². The number of hydrogen-bond donors (Lipinski definition) is 1. The Hall–Kier alpha value is -1.05. The molecule has 2 rings (SSSR count). The molecule has 0 spiro atoms. The van der Waals surface area contributed by atoms with E-state index in [1.165, 1.54) is 16.2 Å². The van der Waals surface area contributed by atoms with Gasteiger partial charge in [-0.1, -0.05) is 0 Å². The molecular weight excluding hydrogens is 301 g/mol. The van der Waals surface area contributed by atoms with E-state index in [1.807, 2.05) is 59.9 Å². The monoisotopic (exact) mass is 325 g/mol. The van der Waals surface area contributed by atoms with E-state index in [0.717, 1.165) is 5.46 Å². The fraction of sp³-hybridized carbons (Fsp3) is 0.667. The topological polar surface area (TPSA) is 59.0 Å². The lowest BCUT2D eigenvalue weighted by molar-refractivity contribution is 0.00578. The summed E-state index contributed by atoms with van der Waals surface area (Å²) in [6.07, 6.45) is -0.963. The van der Waals surface area contributed by atoms with E-state index in [4.69, 9.17) is 9.31 Å². The molecule has 1 aromatic heterocycles. The molecule has 0 radical (unpaired) electrons. The molecule has 0 aromatic carbocycles. The molecule has 5 nitrogen and oxygen atoms in total. The maximum Gasteiger partial charge on any atom is 0.495 e. The third-order valence-corrected chi connectivity index (χ3v) is 5.15. The average molecular weight is 325 g/mol. The number of carboxylic acid groups (broad SMARTS) is 1. The molecule has 0 atom stereocenters. The van der Waals surface area contributed by atoms with Crippen molar-refractivity contribution in [2.75, 3.05) is 4.90 Å². The zero-order valence-electron chi connectivity index (χ0n) is 14.3. The molecule has 1 aliphatic heterocycles. The van der Waals surface area contributed by atoms with E-state index in [0.29, 0.717) is 5.00 Å². The number of thiophene rings is 1. The Balaban J connectivity index is 2.28. The number of anilines is 1. The third-order valence-electron chi connectivity index (χ3n) is 4.21. The van der Waals surface area contributed by atoms with Crippen molar-refractivity contribution in [1.82, 2.24) is 0 Å². The summed E-state index contributed by atoms with van der Waals surface area (Å²) in [5.41, 5.74) is -0.467. The van der Waals surface area contributed by atoms with Gasteiger partial charge in [0.25, 0.3) is 0 Å². The zero-order chi connectivity index (χ0) is 16.9. The summed E-state index contributed by atoms with van der Waals surface area (Å²) in [6, 6.07) is 1.84. The van der Waals surface area contributed by atoms with Gasteiger partial charge in [-0.2, -0.15) is 0 Å². The molecule has 0 saturated carbocycles. The third kappa shape index (κ3) is 3.02. The van der Waals surface area contributed by atoms with Crippen LogP contribution in [0.5, 0.6) is 0 Å². The number of amides is 1. The first-order chi connectivity index (χ1) is 9.85. The van der Waals surface area contributed by atoms with Crippen LogP contribution in [0.2, 0.25) is 0 Å². The molecule has 1 aromatic rings. The lowest BCUT2D eigenvalue weighted by Gasteiger charge is -2.32. The summed E-state index contributed by atoms with van der Waals surface area (Å²) >= 11 is 1.39. The summed E-state index contributed by atoms with van der Waals surface area (Å²) in [7, 11) is -0.467. The maximum absolute atomic E-state index is 11.6. The van der Waals surface area contributed by atoms with Crippen molar-refractivity contribution in [2.45, 2.75) is 65.2 Å². The summed E-state index contributed by atoms with van der Waals surface area (Å²) in [6.45, 7) is 13.6. The van der Waals surface area contributed by atoms with Gasteiger partial charge in [0.1, 0.15) is 5.00 Å². The van der Waals surface area contributed by atoms with Crippen LogP contribution in [0.3, 0.4) is 0 Å². The van der Waals surface area contributed by atoms with Gasteiger partial charge in [0.05, 0.1) is 11.2 Å². The lowest BCUT2D eigenvalue weighted by atomic mass is 9.81. The van der Waals surface area contributed by atoms with Gasteiger partial charge in [-0.25, -0.2) is 4.79 Å². The molecular formula is C15H24BNO4S. The van der Waals surface area contributed by atoms with Gasteiger partial charge in [-0.05, 0) is 65.4 Å². The molecule has 0 bridgehead atoms. The van der Waals surface area contributed by atoms with E-state index in [9.17, 15) is 9.90 Å². The van der Waals surface area contributed by atoms with Gasteiger partial charge in [0.15, 0.2) is 0 Å². The van der Waals surface area contributed by atoms with Crippen molar-refractivity contribution >= 4 is 35.0 Å². The Morgan fingerprint density at radius 3 is 2.14 bits per heavy atom. The smallest absolute Gasteiger partial charge is 0.465 e. The first kappa shape index (κ1) is 17.3. The minimum Gasteiger partial charge on any atom is -0.465 e. The van der Waals surface area contributed by atoms with E-state index in [2.05, 4.69) is 0 Å². The van der Waals surface area contributed by atoms with Gasteiger partial charge in [0, 0.05) is 5.54 Å². The van der Waals surface area contributed by atoms with E-state index in [-0.39, 0.29) is 0 Å². The molecule has 1 saturated heterocycles. The number of carbonyl (C=O) groups is 1. The summed E-state index contributed by atoms with van der Waals surface area (Å²) in [5, 5.41) is 12.0. The minimum atomic E-state index is -0.963. The van der Waals surface area contributed by atoms with Crippen molar-refractivity contribution in [3.8, 4) is 0 Å². The Morgan fingerprint density at radius 1 is 1.23 bits per heavy atom. The fourth-order valence-corrected chi connectivity index (χ4v) is 3.37. The molecule has 122 valence electrons. The van der Waals surface area contributed by atoms with Crippen molar-refractivity contribution in [1.29, 1.82) is 0 Å². The first-order valence-corrected chi connectivity index (χ1v) is 8.20. The van der Waals surface area contributed by atoms with Crippen LogP contribution >= 0.6 is 11.3 Å². The van der Waals surface area contributed by atoms with Crippen molar-refractivity contribution in [3.63, 3.8) is 0 Å². The fourth-order valence-electron chi connectivity index (χ4n) is 2.27. The standard InChI is InChI=1S/C15H24BNO4S/c1-13(2,3)17(12(18)19)11-8-10(9-22-11)16-20-14(4,5)15(6,7)21-16/h8-9H,1-7H3,(H,18,19). The Labute approximate surface area is 136 Å². The van der Waals surface area contributed by atoms with Crippen LogP contribution in [0.15, 0.2) is 11.4 Å². The highest BCUT2D eigenvalue weighted by atomic mass is 32.1. The molecule has 0 aliphatic carbocycles. The van der Waals surface area contributed by atoms with Crippen LogP contribution in [0, 0.1) is 0 Å². The molecule has 1 fully saturated rings. The second-order valence-electron chi connectivity index (χ2n) is 7.60. The molecule has 1 amide bonds. The SMILES string of the molecule is CC(C)(C)N(C(=O)O)c1cc(B2OC(C)(C)C(C)(C)O2)cs1. The highest BCUT2D eigenvalue weighted by molar-refractivity contribution is 7.15. The van der Waals surface area contributed by atoms with Crippen LogP contribution in [-0.2, 0) is 9.31 Å². The zero-order valence-corrected chi connectivity index (χ0v) is 15.1. The van der Waals surface area contributed by atoms with E-state index < -0.39 is 30.0 Å². The quantitative estimate of drug-likeness (QED) is 0.848. The Kier molecular flexibility index (Phi) is 4.13. The molecule has 22 heavy (non-hydrogen) atoms. The largest absolute Gasteiger partial charge is 0.495 e. The number of rotatable bonds is 2. The lowest BCUT2D eigenvalue weighted by Crippen LogP contribution is -2.45. The van der Waals surface area contributed by atoms with Gasteiger partial charge >= 0.3 is 13.2 Å². The first-order valence-electron chi connectivity index (χ1n) is 7.32. The molecule has 1 aliphatic rings. The van der Waals surface area contributed by atoms with Gasteiger partial charge in [-0.3, -0.25) is 4.90 Å². The second-order valence-corrected chi connectivity index (χ2v) is 8.49. The molecule has 1 N–H and O–H groups in total. The highest BCUT2D eigenvalue weighted by Crippen LogP contribution is 2.37. The van der Waals surface area contributed by atoms with Crippen LogP contribution in [0.1, 0.15) is 48.5 Å². The van der Waals surface area contributed by atoms with Crippen LogP contribution in [-0.4, -0.2) is 35.1 Å². The Bertz CT molecular complexity index is 560. The summed E-state index contributed by atoms with van der Waals surface area (Å²) in [4.78, 5) is 12.9. The van der Waals surface area contributed by atoms with Crippen LogP contribution < -0.4 is 10.4 Å². The van der Waals surface area contributed by atoms with Crippen molar-refractivity contribution in [2.24, 2.45) is 0 Å². The Morgan fingerprint density at radius 2 is 1.73 bits per heavy atom. The van der Waals surface area contributed by atoms with E-state index >= 15 is 0 Å². The predicted octanol–water partition coefficient (Wildman–Crippen LogP) is 3.33. The van der Waals surface area contributed by atoms with Crippen molar-refractivity contribution < 1.29 is 19.2 Å². The molecule has 0 unspecified atom stereocenters. The van der Waals surface area contributed by atoms with Crippen molar-refractivity contribution in [3.05, 3.63) is 11.4 Å². The maximum atomic E-state index is 11.6. The number of nitrogens with zero attached hydrogens (tertiary/aromatic N) is 1. The molecule has 2 heterocycles. The average Bonchev–Trinajstić information content (AvgIpc) is 2.80. The summed E-state index contributed by atoms with van der Waals surface area (Å²) in [5.74, 6) is 0. The normalized spacial score (nSPS) is 20.2. The molecule has 7 heteroatoms. The van der Waals surface area contributed by atoms with Gasteiger partial charge in [0.2, 0.25) is 0 Å². The second kappa shape index (κ2) is 5.25. The predicted molar refractivity (Wildman–Crippen MR) is 90.3 cm³/mol. The van der Waals surface area contributed by atoms with Gasteiger partial charge < -0.3 is 14.4 Å². The van der Waals surface area contributed by atoms with Gasteiger partial charge in [-0.15, -0.1) is 11.3 Å². The summed E-state index contributed by atoms with van der Waals surface area (Å²) < 4.78 is 12.0. The highest BCUT2D eigenvalue weighted by Gasteiger charge is 2.52. The van der Waals surface area contributed by atoms with E-state index in [1.54, 1.807) is 0 Å². The minimum absolute atomic E-state index is 0.406.